The van der Waals surface area contributed by atoms with Gasteiger partial charge in [-0.1, -0.05) is 27.7 Å². The van der Waals surface area contributed by atoms with Gasteiger partial charge in [-0.3, -0.25) is 0 Å². The highest BCUT2D eigenvalue weighted by molar-refractivity contribution is 5.31. The average Bonchev–Trinajstić information content (AvgIpc) is 2.76. The molecule has 0 spiro atoms. The number of rotatable bonds is 3. The summed E-state index contributed by atoms with van der Waals surface area (Å²) in [6.07, 6.45) is 5.23. The second-order valence-electron chi connectivity index (χ2n) is 8.20. The molecule has 3 nitrogen and oxygen atoms in total. The van der Waals surface area contributed by atoms with Crippen LogP contribution in [0.2, 0.25) is 0 Å². The van der Waals surface area contributed by atoms with E-state index in [0.29, 0.717) is 12.1 Å². The molecule has 1 aromatic heterocycles. The van der Waals surface area contributed by atoms with Gasteiger partial charge >= 0.3 is 0 Å². The molecule has 0 radical (unpaired) electrons. The van der Waals surface area contributed by atoms with E-state index < -0.39 is 0 Å². The molecule has 3 rings (SSSR count). The van der Waals surface area contributed by atoms with Crippen LogP contribution in [-0.4, -0.2) is 22.4 Å². The lowest BCUT2D eigenvalue weighted by atomic mass is 9.64. The maximum absolute atomic E-state index is 10.4. The van der Waals surface area contributed by atoms with E-state index in [4.69, 9.17) is 4.74 Å². The average molecular weight is 291 g/mol. The van der Waals surface area contributed by atoms with Crippen LogP contribution in [0.25, 0.3) is 0 Å². The summed E-state index contributed by atoms with van der Waals surface area (Å²) in [6, 6.07) is 2.61. The van der Waals surface area contributed by atoms with Crippen molar-refractivity contribution in [2.75, 3.05) is 6.61 Å². The first-order valence-electron chi connectivity index (χ1n) is 8.25. The molecule has 0 aromatic carbocycles. The highest BCUT2D eigenvalue weighted by Gasteiger charge is 2.51. The predicted octanol–water partition coefficient (Wildman–Crippen LogP) is 3.87. The molecular formula is C18H29NO2. The molecule has 21 heavy (non-hydrogen) atoms. The zero-order chi connectivity index (χ0) is 15.4. The van der Waals surface area contributed by atoms with E-state index in [9.17, 15) is 5.11 Å². The number of fused-ring (bicyclic) bond motifs is 1. The van der Waals surface area contributed by atoms with Crippen LogP contribution >= 0.6 is 0 Å². The van der Waals surface area contributed by atoms with Gasteiger partial charge in [0.05, 0.1) is 12.2 Å². The van der Waals surface area contributed by atoms with Crippen molar-refractivity contribution in [2.45, 2.75) is 72.1 Å². The number of hydrogen-bond donors (Lipinski definition) is 1. The van der Waals surface area contributed by atoms with Crippen LogP contribution in [-0.2, 0) is 11.2 Å². The minimum absolute atomic E-state index is 0.162. The van der Waals surface area contributed by atoms with Crippen LogP contribution in [0.4, 0.5) is 0 Å². The Morgan fingerprint density at radius 3 is 2.67 bits per heavy atom. The third kappa shape index (κ3) is 2.35. The second kappa shape index (κ2) is 4.85. The summed E-state index contributed by atoms with van der Waals surface area (Å²) in [5, 5.41) is 10.4. The van der Waals surface area contributed by atoms with E-state index in [1.165, 1.54) is 5.69 Å². The summed E-state index contributed by atoms with van der Waals surface area (Å²) in [6.45, 7) is 12.0. The van der Waals surface area contributed by atoms with E-state index in [2.05, 4.69) is 51.4 Å². The topological polar surface area (TPSA) is 34.4 Å². The number of aliphatic hydroxyl groups is 1. The lowest BCUT2D eigenvalue weighted by Gasteiger charge is -2.53. The smallest absolute Gasteiger partial charge is 0.0812 e. The second-order valence-corrected chi connectivity index (χ2v) is 8.20. The Morgan fingerprint density at radius 1 is 1.33 bits per heavy atom. The SMILES string of the molecule is CCOC1CC(n2ccc3c2CC(C)(C)CC3O)C1(C)C. The first-order chi connectivity index (χ1) is 9.76. The van der Waals surface area contributed by atoms with Gasteiger partial charge in [-0.25, -0.2) is 0 Å². The van der Waals surface area contributed by atoms with Gasteiger partial charge in [-0.05, 0) is 37.7 Å². The van der Waals surface area contributed by atoms with Gasteiger partial charge in [0.15, 0.2) is 0 Å². The quantitative estimate of drug-likeness (QED) is 0.917. The van der Waals surface area contributed by atoms with E-state index in [-0.39, 0.29) is 16.9 Å². The number of aliphatic hydroxyl groups excluding tert-OH is 1. The first kappa shape index (κ1) is 15.1. The molecule has 0 aliphatic heterocycles. The van der Waals surface area contributed by atoms with Gasteiger partial charge in [0.25, 0.3) is 0 Å². The van der Waals surface area contributed by atoms with E-state index in [1.807, 2.05) is 0 Å². The van der Waals surface area contributed by atoms with Crippen LogP contribution in [0.3, 0.4) is 0 Å². The molecule has 1 aromatic rings. The van der Waals surface area contributed by atoms with Crippen molar-refractivity contribution in [1.82, 2.24) is 4.57 Å². The summed E-state index contributed by atoms with van der Waals surface area (Å²) < 4.78 is 8.29. The predicted molar refractivity (Wildman–Crippen MR) is 84.3 cm³/mol. The van der Waals surface area contributed by atoms with Crippen LogP contribution in [0.1, 0.15) is 70.9 Å². The first-order valence-corrected chi connectivity index (χ1v) is 8.25. The summed E-state index contributed by atoms with van der Waals surface area (Å²) in [5.41, 5.74) is 2.82. The number of hydrogen-bond acceptors (Lipinski definition) is 2. The van der Waals surface area contributed by atoms with Crippen LogP contribution in [0.5, 0.6) is 0 Å². The molecule has 1 N–H and O–H groups in total. The Hall–Kier alpha value is -0.800. The minimum atomic E-state index is -0.309. The molecule has 3 atom stereocenters. The van der Waals surface area contributed by atoms with Crippen molar-refractivity contribution in [3.8, 4) is 0 Å². The maximum Gasteiger partial charge on any atom is 0.0812 e. The van der Waals surface area contributed by atoms with Crippen molar-refractivity contribution in [2.24, 2.45) is 10.8 Å². The van der Waals surface area contributed by atoms with Gasteiger partial charge in [0.2, 0.25) is 0 Å². The van der Waals surface area contributed by atoms with Gasteiger partial charge in [0, 0.05) is 35.5 Å². The lowest BCUT2D eigenvalue weighted by Crippen LogP contribution is -2.51. The molecule has 118 valence electrons. The Morgan fingerprint density at radius 2 is 2.05 bits per heavy atom. The monoisotopic (exact) mass is 291 g/mol. The number of nitrogens with zero attached hydrogens (tertiary/aromatic N) is 1. The zero-order valence-corrected chi connectivity index (χ0v) is 14.0. The molecule has 1 fully saturated rings. The summed E-state index contributed by atoms with van der Waals surface area (Å²) in [7, 11) is 0. The maximum atomic E-state index is 10.4. The highest BCUT2D eigenvalue weighted by atomic mass is 16.5. The largest absolute Gasteiger partial charge is 0.388 e. The fraction of sp³-hybridized carbons (Fsp3) is 0.778. The van der Waals surface area contributed by atoms with Gasteiger partial charge < -0.3 is 14.4 Å². The van der Waals surface area contributed by atoms with Gasteiger partial charge in [0.1, 0.15) is 0 Å². The van der Waals surface area contributed by atoms with Crippen molar-refractivity contribution >= 4 is 0 Å². The Bertz CT molecular complexity index is 529. The van der Waals surface area contributed by atoms with Crippen molar-refractivity contribution in [3.63, 3.8) is 0 Å². The Balaban J connectivity index is 1.89. The third-order valence-electron chi connectivity index (χ3n) is 5.64. The summed E-state index contributed by atoms with van der Waals surface area (Å²) in [4.78, 5) is 0. The lowest BCUT2D eigenvalue weighted by molar-refractivity contribution is -0.128. The van der Waals surface area contributed by atoms with Crippen molar-refractivity contribution in [3.05, 3.63) is 23.5 Å². The molecule has 2 aliphatic carbocycles. The molecule has 3 unspecified atom stereocenters. The van der Waals surface area contributed by atoms with Crippen LogP contribution < -0.4 is 0 Å². The third-order valence-corrected chi connectivity index (χ3v) is 5.64. The fourth-order valence-corrected chi connectivity index (χ4v) is 4.26. The summed E-state index contributed by atoms with van der Waals surface area (Å²) in [5.74, 6) is 0. The van der Waals surface area contributed by atoms with E-state index in [1.54, 1.807) is 0 Å². The van der Waals surface area contributed by atoms with Crippen LogP contribution in [0.15, 0.2) is 12.3 Å². The number of ether oxygens (including phenoxy) is 1. The van der Waals surface area contributed by atoms with E-state index >= 15 is 0 Å². The van der Waals surface area contributed by atoms with E-state index in [0.717, 1.165) is 31.4 Å². The molecule has 2 aliphatic rings. The fourth-order valence-electron chi connectivity index (χ4n) is 4.26. The molecule has 3 heteroatoms. The van der Waals surface area contributed by atoms with Gasteiger partial charge in [-0.15, -0.1) is 0 Å². The van der Waals surface area contributed by atoms with Crippen molar-refractivity contribution < 1.29 is 9.84 Å². The zero-order valence-electron chi connectivity index (χ0n) is 14.0. The summed E-state index contributed by atoms with van der Waals surface area (Å²) >= 11 is 0. The Kier molecular flexibility index (Phi) is 3.49. The highest BCUT2D eigenvalue weighted by Crippen LogP contribution is 2.53. The molecule has 1 saturated carbocycles. The number of aromatic nitrogens is 1. The normalized spacial score (nSPS) is 33.3. The Labute approximate surface area is 128 Å². The molecule has 0 saturated heterocycles. The van der Waals surface area contributed by atoms with Crippen LogP contribution in [0, 0.1) is 10.8 Å². The molecule has 0 bridgehead atoms. The van der Waals surface area contributed by atoms with Crippen molar-refractivity contribution in [1.29, 1.82) is 0 Å². The molecule has 1 heterocycles. The standard InChI is InChI=1S/C18H29NO2/c1-6-21-16-9-15(18(16,4)5)19-8-7-12-13(19)10-17(2,3)11-14(12)20/h7-8,14-16,20H,6,9-11H2,1-5H3. The molecular weight excluding hydrogens is 262 g/mol. The van der Waals surface area contributed by atoms with Gasteiger partial charge in [-0.2, -0.15) is 0 Å². The molecule has 0 amide bonds. The minimum Gasteiger partial charge on any atom is -0.388 e.